The van der Waals surface area contributed by atoms with Crippen molar-refractivity contribution in [2.75, 3.05) is 45.9 Å². The lowest BCUT2D eigenvalue weighted by Crippen LogP contribution is -2.47. The van der Waals surface area contributed by atoms with Gasteiger partial charge in [0.25, 0.3) is 5.91 Å². The van der Waals surface area contributed by atoms with Crippen LogP contribution >= 0.6 is 23.2 Å². The number of rotatable bonds is 5. The van der Waals surface area contributed by atoms with Gasteiger partial charge in [-0.2, -0.15) is 0 Å². The van der Waals surface area contributed by atoms with Crippen molar-refractivity contribution < 1.29 is 23.9 Å². The Balaban J connectivity index is 1.28. The molecule has 0 aromatic heterocycles. The third kappa shape index (κ3) is 4.50. The molecule has 188 valence electrons. The van der Waals surface area contributed by atoms with Crippen molar-refractivity contribution >= 4 is 41.0 Å². The lowest BCUT2D eigenvalue weighted by Gasteiger charge is -2.37. The third-order valence-corrected chi connectivity index (χ3v) is 7.74. The molecule has 2 saturated heterocycles. The Hall–Kier alpha value is -2.33. The third-order valence-electron chi connectivity index (χ3n) is 7.17. The van der Waals surface area contributed by atoms with Crippen LogP contribution in [0.25, 0.3) is 0 Å². The molecule has 0 aliphatic carbocycles. The van der Waals surface area contributed by atoms with Gasteiger partial charge in [0.05, 0.1) is 37.1 Å². The van der Waals surface area contributed by atoms with E-state index in [1.165, 1.54) is 0 Å². The summed E-state index contributed by atoms with van der Waals surface area (Å²) in [4.78, 5) is 44.2. The molecule has 4 amide bonds. The topological polar surface area (TPSA) is 91.4 Å². The molecule has 35 heavy (non-hydrogen) atoms. The summed E-state index contributed by atoms with van der Waals surface area (Å²) in [5.74, 6) is -0.742. The van der Waals surface area contributed by atoms with Crippen molar-refractivity contribution in [3.63, 3.8) is 0 Å². The quantitative estimate of drug-likeness (QED) is 0.641. The van der Waals surface area contributed by atoms with E-state index in [9.17, 15) is 14.4 Å². The van der Waals surface area contributed by atoms with Crippen LogP contribution < -0.4 is 5.32 Å². The molecule has 9 nitrogen and oxygen atoms in total. The van der Waals surface area contributed by atoms with Crippen molar-refractivity contribution in [1.82, 2.24) is 20.0 Å². The summed E-state index contributed by atoms with van der Waals surface area (Å²) in [6.45, 7) is 5.15. The van der Waals surface area contributed by atoms with E-state index < -0.39 is 11.8 Å². The monoisotopic (exact) mass is 522 g/mol. The first-order valence-corrected chi connectivity index (χ1v) is 12.7. The summed E-state index contributed by atoms with van der Waals surface area (Å²) in [6, 6.07) is 4.04. The first kappa shape index (κ1) is 24.4. The SMILES string of the molecule is CCN1C(=O)NC(c2ccc(Cl)cc2Cl)C2=C1CN(CCC(=O)N1CCC3(CC1)OCCO3)C2=O. The fraction of sp³-hybridized carbons (Fsp3) is 0.542. The van der Waals surface area contributed by atoms with Crippen molar-refractivity contribution in [2.45, 2.75) is 38.0 Å². The molecule has 0 bridgehead atoms. The summed E-state index contributed by atoms with van der Waals surface area (Å²) in [7, 11) is 0. The van der Waals surface area contributed by atoms with Crippen LogP contribution in [0.4, 0.5) is 4.79 Å². The smallest absolute Gasteiger partial charge is 0.322 e. The average molecular weight is 523 g/mol. The molecule has 1 atom stereocenters. The second kappa shape index (κ2) is 9.61. The molecule has 1 aromatic rings. The van der Waals surface area contributed by atoms with Crippen molar-refractivity contribution in [2.24, 2.45) is 0 Å². The van der Waals surface area contributed by atoms with E-state index in [0.717, 1.165) is 0 Å². The predicted molar refractivity (Wildman–Crippen MR) is 129 cm³/mol. The number of urea groups is 1. The molecule has 11 heteroatoms. The summed E-state index contributed by atoms with van der Waals surface area (Å²) in [5, 5.41) is 3.76. The highest BCUT2D eigenvalue weighted by Gasteiger charge is 2.45. The van der Waals surface area contributed by atoms with Crippen molar-refractivity contribution in [3.05, 3.63) is 45.1 Å². The minimum absolute atomic E-state index is 0.00522. The molecule has 5 rings (SSSR count). The number of benzene rings is 1. The highest BCUT2D eigenvalue weighted by atomic mass is 35.5. The maximum absolute atomic E-state index is 13.5. The molecular weight excluding hydrogens is 495 g/mol. The van der Waals surface area contributed by atoms with Gasteiger partial charge < -0.3 is 24.6 Å². The van der Waals surface area contributed by atoms with E-state index >= 15 is 0 Å². The van der Waals surface area contributed by atoms with Gasteiger partial charge in [0.2, 0.25) is 5.91 Å². The van der Waals surface area contributed by atoms with Gasteiger partial charge in [-0.1, -0.05) is 29.3 Å². The van der Waals surface area contributed by atoms with E-state index in [1.54, 1.807) is 28.0 Å². The lowest BCUT2D eigenvalue weighted by atomic mass is 9.95. The average Bonchev–Trinajstić information content (AvgIpc) is 3.42. The number of piperidine rings is 1. The molecule has 1 N–H and O–H groups in total. The van der Waals surface area contributed by atoms with Crippen LogP contribution in [0.3, 0.4) is 0 Å². The maximum atomic E-state index is 13.5. The van der Waals surface area contributed by atoms with E-state index in [2.05, 4.69) is 5.32 Å². The number of halogens is 2. The molecule has 4 aliphatic rings. The Kier molecular flexibility index (Phi) is 6.69. The van der Waals surface area contributed by atoms with Crippen LogP contribution in [-0.4, -0.2) is 84.3 Å². The number of likely N-dealkylation sites (tertiary alicyclic amines) is 1. The number of nitrogens with zero attached hydrogens (tertiary/aromatic N) is 3. The molecular formula is C24H28Cl2N4O5. The first-order chi connectivity index (χ1) is 16.8. The number of carbonyl (C=O) groups is 3. The molecule has 4 heterocycles. The van der Waals surface area contributed by atoms with Gasteiger partial charge in [-0.25, -0.2) is 4.79 Å². The van der Waals surface area contributed by atoms with Gasteiger partial charge in [-0.15, -0.1) is 0 Å². The molecule has 4 aliphatic heterocycles. The fourth-order valence-electron chi connectivity index (χ4n) is 5.30. The summed E-state index contributed by atoms with van der Waals surface area (Å²) >= 11 is 12.5. The Morgan fingerprint density at radius 3 is 2.54 bits per heavy atom. The second-order valence-corrected chi connectivity index (χ2v) is 9.96. The summed E-state index contributed by atoms with van der Waals surface area (Å²) < 4.78 is 11.5. The fourth-order valence-corrected chi connectivity index (χ4v) is 5.82. The zero-order valence-corrected chi connectivity index (χ0v) is 21.0. The van der Waals surface area contributed by atoms with E-state index in [0.29, 0.717) is 72.6 Å². The van der Waals surface area contributed by atoms with Crippen LogP contribution in [0.2, 0.25) is 10.0 Å². The molecule has 2 fully saturated rings. The zero-order valence-electron chi connectivity index (χ0n) is 19.5. The molecule has 1 unspecified atom stereocenters. The molecule has 1 aromatic carbocycles. The summed E-state index contributed by atoms with van der Waals surface area (Å²) in [6.07, 6.45) is 1.51. The Morgan fingerprint density at radius 2 is 1.89 bits per heavy atom. The van der Waals surface area contributed by atoms with Crippen molar-refractivity contribution in [3.8, 4) is 0 Å². The highest BCUT2D eigenvalue weighted by Crippen LogP contribution is 2.39. The van der Waals surface area contributed by atoms with E-state index in [1.807, 2.05) is 11.8 Å². The minimum atomic E-state index is -0.678. The highest BCUT2D eigenvalue weighted by molar-refractivity contribution is 6.35. The minimum Gasteiger partial charge on any atom is -0.347 e. The lowest BCUT2D eigenvalue weighted by molar-refractivity contribution is -0.187. The van der Waals surface area contributed by atoms with Gasteiger partial charge >= 0.3 is 6.03 Å². The van der Waals surface area contributed by atoms with Crippen molar-refractivity contribution in [1.29, 1.82) is 0 Å². The van der Waals surface area contributed by atoms with Gasteiger partial charge in [-0.05, 0) is 24.6 Å². The predicted octanol–water partition coefficient (Wildman–Crippen LogP) is 2.93. The Labute approximate surface area is 213 Å². The van der Waals surface area contributed by atoms with Crippen LogP contribution in [0.5, 0.6) is 0 Å². The number of hydrogen-bond acceptors (Lipinski definition) is 5. The van der Waals surface area contributed by atoms with Gasteiger partial charge in [-0.3, -0.25) is 14.5 Å². The number of nitrogens with one attached hydrogen (secondary N) is 1. The second-order valence-electron chi connectivity index (χ2n) is 9.12. The molecule has 0 radical (unpaired) electrons. The van der Waals surface area contributed by atoms with Crippen LogP contribution in [0.1, 0.15) is 37.8 Å². The van der Waals surface area contributed by atoms with E-state index in [-0.39, 0.29) is 37.4 Å². The standard InChI is InChI=1S/C24H28Cl2N4O5/c1-2-30-18-14-29(8-5-19(31)28-9-6-24(7-10-28)34-11-12-35-24)22(32)20(18)21(27-23(30)33)16-4-3-15(25)13-17(16)26/h3-4,13,21H,2,5-12,14H2,1H3,(H,27,33). The largest absolute Gasteiger partial charge is 0.347 e. The number of hydrogen-bond donors (Lipinski definition) is 1. The van der Waals surface area contributed by atoms with Crippen LogP contribution in [-0.2, 0) is 19.1 Å². The maximum Gasteiger partial charge on any atom is 0.322 e. The van der Waals surface area contributed by atoms with Gasteiger partial charge in [0, 0.05) is 55.5 Å². The number of likely N-dealkylation sites (N-methyl/N-ethyl adjacent to an activating group) is 1. The normalized spacial score (nSPS) is 23.9. The number of amides is 4. The van der Waals surface area contributed by atoms with Gasteiger partial charge in [0.1, 0.15) is 0 Å². The summed E-state index contributed by atoms with van der Waals surface area (Å²) in [5.41, 5.74) is 1.75. The van der Waals surface area contributed by atoms with Crippen LogP contribution in [0.15, 0.2) is 29.5 Å². The Morgan fingerprint density at radius 1 is 1.17 bits per heavy atom. The van der Waals surface area contributed by atoms with E-state index in [4.69, 9.17) is 32.7 Å². The first-order valence-electron chi connectivity index (χ1n) is 11.9. The molecule has 0 saturated carbocycles. The molecule has 1 spiro atoms. The van der Waals surface area contributed by atoms with Gasteiger partial charge in [0.15, 0.2) is 5.79 Å². The number of carbonyl (C=O) groups excluding carboxylic acids is 3. The van der Waals surface area contributed by atoms with Crippen LogP contribution in [0, 0.1) is 0 Å². The zero-order chi connectivity index (χ0) is 24.7. The Bertz CT molecular complexity index is 1080. The number of ether oxygens (including phenoxy) is 2.